The molecule has 0 aliphatic carbocycles. The number of rotatable bonds is 2. The Kier molecular flexibility index (Phi) is 4.70. The second kappa shape index (κ2) is 5.87. The summed E-state index contributed by atoms with van der Waals surface area (Å²) in [6.07, 6.45) is 0.298. The van der Waals surface area contributed by atoms with Gasteiger partial charge < -0.3 is 10.0 Å². The van der Waals surface area contributed by atoms with Crippen LogP contribution in [0.15, 0.2) is 24.3 Å². The summed E-state index contributed by atoms with van der Waals surface area (Å²) in [4.78, 5) is 24.2. The Morgan fingerprint density at radius 1 is 1.26 bits per heavy atom. The molecule has 1 aromatic rings. The number of para-hydroxylation sites is 1. The monoisotopic (exact) mass is 263 g/mol. The van der Waals surface area contributed by atoms with Crippen LogP contribution in [0.5, 0.6) is 0 Å². The van der Waals surface area contributed by atoms with Crippen LogP contribution in [0.2, 0.25) is 0 Å². The van der Waals surface area contributed by atoms with E-state index >= 15 is 0 Å². The Hall–Kier alpha value is -1.84. The van der Waals surface area contributed by atoms with E-state index in [4.69, 9.17) is 5.11 Å². The van der Waals surface area contributed by atoms with E-state index in [0.717, 1.165) is 17.7 Å². The summed E-state index contributed by atoms with van der Waals surface area (Å²) in [5.41, 5.74) is 1.58. The quantitative estimate of drug-likeness (QED) is 0.835. The summed E-state index contributed by atoms with van der Waals surface area (Å²) >= 11 is 0. The first-order chi connectivity index (χ1) is 8.92. The van der Waals surface area contributed by atoms with Gasteiger partial charge in [0, 0.05) is 11.2 Å². The maximum atomic E-state index is 12.0. The lowest BCUT2D eigenvalue weighted by molar-refractivity contribution is -0.140. The highest BCUT2D eigenvalue weighted by Crippen LogP contribution is 2.38. The van der Waals surface area contributed by atoms with Gasteiger partial charge in [-0.05, 0) is 31.9 Å². The van der Waals surface area contributed by atoms with Crippen LogP contribution in [0.1, 0.15) is 39.7 Å². The second-order valence-corrected chi connectivity index (χ2v) is 4.92. The number of carboxylic acid groups (broad SMARTS) is 1. The van der Waals surface area contributed by atoms with Gasteiger partial charge in [-0.25, -0.2) is 0 Å². The molecule has 0 atom stereocenters. The average Bonchev–Trinajstić information content (AvgIpc) is 2.60. The van der Waals surface area contributed by atoms with Gasteiger partial charge in [0.2, 0.25) is 5.91 Å². The molecule has 1 amide bonds. The predicted octanol–water partition coefficient (Wildman–Crippen LogP) is 2.86. The third-order valence-electron chi connectivity index (χ3n) is 3.01. The van der Waals surface area contributed by atoms with Gasteiger partial charge in [-0.15, -0.1) is 0 Å². The number of benzene rings is 1. The van der Waals surface area contributed by atoms with Gasteiger partial charge in [0.05, 0.1) is 0 Å². The minimum Gasteiger partial charge on any atom is -0.481 e. The molecule has 0 fully saturated rings. The standard InChI is InChI=1S/C13H15NO3.C2H6/c1-13(2)8-9-5-3-4-6-10(9)14(13)11(15)7-12(16)17;1-2/h3-6H,7-8H2,1-2H3,(H,16,17);1-2H3. The largest absolute Gasteiger partial charge is 0.481 e. The van der Waals surface area contributed by atoms with Crippen molar-refractivity contribution >= 4 is 17.6 Å². The molecule has 0 aromatic heterocycles. The fourth-order valence-corrected chi connectivity index (χ4v) is 2.43. The molecular weight excluding hydrogens is 242 g/mol. The maximum Gasteiger partial charge on any atom is 0.312 e. The van der Waals surface area contributed by atoms with E-state index in [1.54, 1.807) is 4.90 Å². The van der Waals surface area contributed by atoms with Gasteiger partial charge in [-0.2, -0.15) is 0 Å². The number of hydrogen-bond acceptors (Lipinski definition) is 2. The highest BCUT2D eigenvalue weighted by atomic mass is 16.4. The minimum absolute atomic E-state index is 0.351. The van der Waals surface area contributed by atoms with Crippen molar-refractivity contribution in [1.82, 2.24) is 0 Å². The molecule has 0 saturated carbocycles. The number of carbonyl (C=O) groups excluding carboxylic acids is 1. The lowest BCUT2D eigenvalue weighted by atomic mass is 9.99. The van der Waals surface area contributed by atoms with Crippen molar-refractivity contribution in [3.05, 3.63) is 29.8 Å². The summed E-state index contributed by atoms with van der Waals surface area (Å²) in [7, 11) is 0. The van der Waals surface area contributed by atoms with E-state index in [0.29, 0.717) is 0 Å². The summed E-state index contributed by atoms with van der Waals surface area (Å²) in [6, 6.07) is 7.64. The zero-order chi connectivity index (χ0) is 14.6. The molecule has 0 bridgehead atoms. The number of carbonyl (C=O) groups is 2. The van der Waals surface area contributed by atoms with Crippen molar-refractivity contribution in [2.24, 2.45) is 0 Å². The van der Waals surface area contributed by atoms with E-state index in [2.05, 4.69) is 0 Å². The molecule has 1 aliphatic heterocycles. The third kappa shape index (κ3) is 3.13. The number of aliphatic carboxylic acids is 1. The molecule has 1 aliphatic rings. The molecule has 0 unspecified atom stereocenters. The molecule has 0 spiro atoms. The first kappa shape index (κ1) is 15.2. The average molecular weight is 263 g/mol. The van der Waals surface area contributed by atoms with Crippen molar-refractivity contribution in [3.8, 4) is 0 Å². The van der Waals surface area contributed by atoms with Gasteiger partial charge in [-0.1, -0.05) is 32.0 Å². The Balaban J connectivity index is 0.000000861. The zero-order valence-corrected chi connectivity index (χ0v) is 11.9. The molecule has 0 radical (unpaired) electrons. The molecule has 1 heterocycles. The molecular formula is C15H21NO3. The van der Waals surface area contributed by atoms with Crippen LogP contribution in [0.3, 0.4) is 0 Å². The number of hydrogen-bond donors (Lipinski definition) is 1. The Morgan fingerprint density at radius 2 is 1.84 bits per heavy atom. The maximum absolute atomic E-state index is 12.0. The second-order valence-electron chi connectivity index (χ2n) is 4.92. The summed E-state index contributed by atoms with van der Waals surface area (Å²) < 4.78 is 0. The summed E-state index contributed by atoms with van der Waals surface area (Å²) in [5.74, 6) is -1.44. The fourth-order valence-electron chi connectivity index (χ4n) is 2.43. The van der Waals surface area contributed by atoms with Crippen LogP contribution in [-0.4, -0.2) is 22.5 Å². The van der Waals surface area contributed by atoms with Gasteiger partial charge in [-0.3, -0.25) is 9.59 Å². The topological polar surface area (TPSA) is 57.6 Å². The molecule has 1 N–H and O–H groups in total. The van der Waals surface area contributed by atoms with Crippen LogP contribution >= 0.6 is 0 Å². The van der Waals surface area contributed by atoms with Crippen LogP contribution in [0.4, 0.5) is 5.69 Å². The Morgan fingerprint density at radius 3 is 2.42 bits per heavy atom. The van der Waals surface area contributed by atoms with Gasteiger partial charge in [0.1, 0.15) is 6.42 Å². The number of amides is 1. The smallest absolute Gasteiger partial charge is 0.312 e. The molecule has 19 heavy (non-hydrogen) atoms. The SMILES string of the molecule is CC.CC1(C)Cc2ccccc2N1C(=O)CC(=O)O. The van der Waals surface area contributed by atoms with Crippen molar-refractivity contribution in [1.29, 1.82) is 0 Å². The summed E-state index contributed by atoms with van der Waals surface area (Å²) in [6.45, 7) is 7.90. The van der Waals surface area contributed by atoms with E-state index in [-0.39, 0.29) is 11.4 Å². The Bertz CT molecular complexity index is 480. The summed E-state index contributed by atoms with van der Waals surface area (Å²) in [5, 5.41) is 8.71. The normalized spacial score (nSPS) is 15.3. The number of carboxylic acids is 1. The van der Waals surface area contributed by atoms with Crippen LogP contribution in [-0.2, 0) is 16.0 Å². The molecule has 2 rings (SSSR count). The van der Waals surface area contributed by atoms with Crippen molar-refractivity contribution in [2.75, 3.05) is 4.90 Å². The first-order valence-electron chi connectivity index (χ1n) is 6.54. The molecule has 104 valence electrons. The van der Waals surface area contributed by atoms with Crippen LogP contribution in [0.25, 0.3) is 0 Å². The lowest BCUT2D eigenvalue weighted by Gasteiger charge is -2.31. The van der Waals surface area contributed by atoms with Crippen molar-refractivity contribution in [3.63, 3.8) is 0 Å². The predicted molar refractivity (Wildman–Crippen MR) is 75.3 cm³/mol. The molecule has 4 nitrogen and oxygen atoms in total. The van der Waals surface area contributed by atoms with Crippen molar-refractivity contribution < 1.29 is 14.7 Å². The highest BCUT2D eigenvalue weighted by Gasteiger charge is 2.39. The molecule has 1 aromatic carbocycles. The van der Waals surface area contributed by atoms with E-state index in [1.165, 1.54) is 0 Å². The van der Waals surface area contributed by atoms with Gasteiger partial charge >= 0.3 is 5.97 Å². The van der Waals surface area contributed by atoms with E-state index < -0.39 is 12.4 Å². The number of nitrogens with zero attached hydrogens (tertiary/aromatic N) is 1. The lowest BCUT2D eigenvalue weighted by Crippen LogP contribution is -2.46. The van der Waals surface area contributed by atoms with Crippen LogP contribution < -0.4 is 4.90 Å². The van der Waals surface area contributed by atoms with Gasteiger partial charge in [0.15, 0.2) is 0 Å². The Labute approximate surface area is 114 Å². The zero-order valence-electron chi connectivity index (χ0n) is 11.9. The number of anilines is 1. The third-order valence-corrected chi connectivity index (χ3v) is 3.01. The van der Waals surface area contributed by atoms with E-state index in [1.807, 2.05) is 52.0 Å². The van der Waals surface area contributed by atoms with Crippen molar-refractivity contribution in [2.45, 2.75) is 46.1 Å². The number of fused-ring (bicyclic) bond motifs is 1. The van der Waals surface area contributed by atoms with E-state index in [9.17, 15) is 9.59 Å². The molecule has 4 heteroatoms. The first-order valence-corrected chi connectivity index (χ1v) is 6.54. The van der Waals surface area contributed by atoms with Gasteiger partial charge in [0.25, 0.3) is 0 Å². The minimum atomic E-state index is -1.09. The molecule has 0 saturated heterocycles. The highest BCUT2D eigenvalue weighted by molar-refractivity contribution is 6.05. The fraction of sp³-hybridized carbons (Fsp3) is 0.467. The van der Waals surface area contributed by atoms with Crippen LogP contribution in [0, 0.1) is 0 Å².